The molecule has 2 rings (SSSR count). The van der Waals surface area contributed by atoms with E-state index in [-0.39, 0.29) is 0 Å². The van der Waals surface area contributed by atoms with Gasteiger partial charge in [-0.3, -0.25) is 0 Å². The van der Waals surface area contributed by atoms with Crippen molar-refractivity contribution >= 4 is 0 Å². The molecule has 0 bridgehead atoms. The van der Waals surface area contributed by atoms with E-state index in [2.05, 4.69) is 13.0 Å². The van der Waals surface area contributed by atoms with Crippen LogP contribution in [0.25, 0.3) is 0 Å². The van der Waals surface area contributed by atoms with E-state index >= 15 is 0 Å². The van der Waals surface area contributed by atoms with Crippen molar-refractivity contribution in [2.24, 2.45) is 11.7 Å². The molecule has 1 aromatic carbocycles. The van der Waals surface area contributed by atoms with Crippen molar-refractivity contribution in [3.05, 3.63) is 29.3 Å². The third kappa shape index (κ3) is 3.74. The molecule has 0 heterocycles. The minimum atomic E-state index is 0.425. The lowest BCUT2D eigenvalue weighted by atomic mass is 9.85. The van der Waals surface area contributed by atoms with Gasteiger partial charge in [-0.15, -0.1) is 0 Å². The molecule has 2 unspecified atom stereocenters. The fourth-order valence-electron chi connectivity index (χ4n) is 3.11. The molecule has 20 heavy (non-hydrogen) atoms. The molecule has 1 fully saturated rings. The number of ether oxygens (including phenoxy) is 2. The summed E-state index contributed by atoms with van der Waals surface area (Å²) in [6.45, 7) is 3.44. The number of hydrogen-bond acceptors (Lipinski definition) is 3. The Morgan fingerprint density at radius 2 is 2.05 bits per heavy atom. The Kier molecular flexibility index (Phi) is 5.86. The summed E-state index contributed by atoms with van der Waals surface area (Å²) in [6, 6.07) is 6.18. The highest BCUT2D eigenvalue weighted by Crippen LogP contribution is 2.30. The molecule has 1 aliphatic carbocycles. The first kappa shape index (κ1) is 15.3. The van der Waals surface area contributed by atoms with Crippen LogP contribution in [-0.2, 0) is 17.9 Å². The van der Waals surface area contributed by atoms with Crippen molar-refractivity contribution in [3.63, 3.8) is 0 Å². The summed E-state index contributed by atoms with van der Waals surface area (Å²) in [4.78, 5) is 0. The lowest BCUT2D eigenvalue weighted by Gasteiger charge is -2.30. The fourth-order valence-corrected chi connectivity index (χ4v) is 3.11. The third-order valence-corrected chi connectivity index (χ3v) is 4.40. The summed E-state index contributed by atoms with van der Waals surface area (Å²) in [5.41, 5.74) is 7.90. The Bertz CT molecular complexity index is 419. The minimum absolute atomic E-state index is 0.425. The highest BCUT2D eigenvalue weighted by Gasteiger charge is 2.24. The molecule has 2 N–H and O–H groups in total. The second-order valence-electron chi connectivity index (χ2n) is 5.65. The number of hydrogen-bond donors (Lipinski definition) is 1. The van der Waals surface area contributed by atoms with E-state index in [1.165, 1.54) is 37.7 Å². The molecule has 0 aromatic heterocycles. The number of benzene rings is 1. The maximum Gasteiger partial charge on any atom is 0.123 e. The highest BCUT2D eigenvalue weighted by atomic mass is 16.5. The van der Waals surface area contributed by atoms with E-state index in [9.17, 15) is 0 Å². The Morgan fingerprint density at radius 1 is 1.25 bits per heavy atom. The molecule has 1 saturated carbocycles. The molecular formula is C17H27NO2. The van der Waals surface area contributed by atoms with Crippen LogP contribution in [-0.4, -0.2) is 13.2 Å². The summed E-state index contributed by atoms with van der Waals surface area (Å²) >= 11 is 0. The summed E-state index contributed by atoms with van der Waals surface area (Å²) in [6.07, 6.45) is 6.83. The zero-order valence-electron chi connectivity index (χ0n) is 12.7. The molecule has 0 aliphatic heterocycles. The molecule has 3 heteroatoms. The van der Waals surface area contributed by atoms with Gasteiger partial charge in [0, 0.05) is 12.1 Å². The minimum Gasteiger partial charge on any atom is -0.496 e. The monoisotopic (exact) mass is 277 g/mol. The van der Waals surface area contributed by atoms with Crippen molar-refractivity contribution in [1.82, 2.24) is 0 Å². The molecule has 3 nitrogen and oxygen atoms in total. The van der Waals surface area contributed by atoms with Crippen molar-refractivity contribution in [3.8, 4) is 5.75 Å². The summed E-state index contributed by atoms with van der Waals surface area (Å²) in [5, 5.41) is 0. The Morgan fingerprint density at radius 3 is 2.75 bits per heavy atom. The molecule has 0 amide bonds. The van der Waals surface area contributed by atoms with Gasteiger partial charge >= 0.3 is 0 Å². The van der Waals surface area contributed by atoms with Crippen molar-refractivity contribution < 1.29 is 9.47 Å². The van der Waals surface area contributed by atoms with Gasteiger partial charge in [-0.2, -0.15) is 0 Å². The van der Waals surface area contributed by atoms with E-state index in [4.69, 9.17) is 15.2 Å². The van der Waals surface area contributed by atoms with Crippen LogP contribution >= 0.6 is 0 Å². The van der Waals surface area contributed by atoms with Gasteiger partial charge in [0.1, 0.15) is 5.75 Å². The molecule has 0 spiro atoms. The van der Waals surface area contributed by atoms with Gasteiger partial charge in [0.05, 0.1) is 19.8 Å². The lowest BCUT2D eigenvalue weighted by molar-refractivity contribution is -0.0222. The predicted molar refractivity (Wildman–Crippen MR) is 81.7 cm³/mol. The first-order chi connectivity index (χ1) is 9.78. The number of nitrogens with two attached hydrogens (primary N) is 1. The largest absolute Gasteiger partial charge is 0.496 e. The Balaban J connectivity index is 1.96. The van der Waals surface area contributed by atoms with E-state index in [0.717, 1.165) is 17.2 Å². The molecular weight excluding hydrogens is 250 g/mol. The average Bonchev–Trinajstić information content (AvgIpc) is 2.52. The molecule has 2 atom stereocenters. The van der Waals surface area contributed by atoms with Gasteiger partial charge in [-0.25, -0.2) is 0 Å². The second-order valence-corrected chi connectivity index (χ2v) is 5.65. The van der Waals surface area contributed by atoms with Crippen LogP contribution in [0.1, 0.15) is 50.2 Å². The zero-order chi connectivity index (χ0) is 14.4. The fraction of sp³-hybridized carbons (Fsp3) is 0.647. The average molecular weight is 277 g/mol. The van der Waals surface area contributed by atoms with Crippen LogP contribution in [0.5, 0.6) is 5.75 Å². The predicted octanol–water partition coefficient (Wildman–Crippen LogP) is 3.64. The SMILES string of the molecule is CCC1CCCCC1OCc1ccc(CN)c(OC)c1. The van der Waals surface area contributed by atoms with Gasteiger partial charge in [-0.1, -0.05) is 38.3 Å². The first-order valence-electron chi connectivity index (χ1n) is 7.76. The third-order valence-electron chi connectivity index (χ3n) is 4.40. The zero-order valence-corrected chi connectivity index (χ0v) is 12.7. The quantitative estimate of drug-likeness (QED) is 0.863. The van der Waals surface area contributed by atoms with E-state index < -0.39 is 0 Å². The number of methoxy groups -OCH3 is 1. The van der Waals surface area contributed by atoms with Crippen LogP contribution in [0.3, 0.4) is 0 Å². The maximum absolute atomic E-state index is 6.16. The van der Waals surface area contributed by atoms with Crippen LogP contribution < -0.4 is 10.5 Å². The van der Waals surface area contributed by atoms with E-state index in [0.29, 0.717) is 19.3 Å². The topological polar surface area (TPSA) is 44.5 Å². The standard InChI is InChI=1S/C17H27NO2/c1-3-14-6-4-5-7-16(14)20-12-13-8-9-15(11-18)17(10-13)19-2/h8-10,14,16H,3-7,11-12,18H2,1-2H3. The first-order valence-corrected chi connectivity index (χ1v) is 7.76. The maximum atomic E-state index is 6.16. The molecule has 112 valence electrons. The van der Waals surface area contributed by atoms with Crippen LogP contribution in [0, 0.1) is 5.92 Å². The summed E-state index contributed by atoms with van der Waals surface area (Å²) in [5.74, 6) is 1.60. The lowest BCUT2D eigenvalue weighted by Crippen LogP contribution is -2.27. The molecule has 0 radical (unpaired) electrons. The summed E-state index contributed by atoms with van der Waals surface area (Å²) in [7, 11) is 1.69. The van der Waals surface area contributed by atoms with Gasteiger partial charge in [0.2, 0.25) is 0 Å². The van der Waals surface area contributed by atoms with Gasteiger partial charge in [0.15, 0.2) is 0 Å². The normalized spacial score (nSPS) is 22.8. The van der Waals surface area contributed by atoms with Crippen LogP contribution in [0.15, 0.2) is 18.2 Å². The Labute approximate surface area is 122 Å². The van der Waals surface area contributed by atoms with Crippen molar-refractivity contribution in [2.45, 2.75) is 58.3 Å². The van der Waals surface area contributed by atoms with Crippen LogP contribution in [0.4, 0.5) is 0 Å². The van der Waals surface area contributed by atoms with Crippen LogP contribution in [0.2, 0.25) is 0 Å². The smallest absolute Gasteiger partial charge is 0.123 e. The highest BCUT2D eigenvalue weighted by molar-refractivity contribution is 5.37. The number of rotatable bonds is 6. The van der Waals surface area contributed by atoms with Gasteiger partial charge in [0.25, 0.3) is 0 Å². The Hall–Kier alpha value is -1.06. The van der Waals surface area contributed by atoms with Crippen molar-refractivity contribution in [2.75, 3.05) is 7.11 Å². The molecule has 0 saturated heterocycles. The molecule has 1 aromatic rings. The van der Waals surface area contributed by atoms with Gasteiger partial charge < -0.3 is 15.2 Å². The summed E-state index contributed by atoms with van der Waals surface area (Å²) < 4.78 is 11.5. The van der Waals surface area contributed by atoms with Gasteiger partial charge in [-0.05, 0) is 30.4 Å². The van der Waals surface area contributed by atoms with E-state index in [1.54, 1.807) is 7.11 Å². The van der Waals surface area contributed by atoms with Crippen molar-refractivity contribution in [1.29, 1.82) is 0 Å². The second kappa shape index (κ2) is 7.65. The molecule has 1 aliphatic rings. The van der Waals surface area contributed by atoms with E-state index in [1.807, 2.05) is 12.1 Å².